The number of aryl methyl sites for hydroxylation is 2. The lowest BCUT2D eigenvalue weighted by Gasteiger charge is -2.24. The molecule has 1 N–H and O–H groups in total. The molecule has 4 aromatic rings. The van der Waals surface area contributed by atoms with Gasteiger partial charge in [0.25, 0.3) is 11.6 Å². The predicted octanol–water partition coefficient (Wildman–Crippen LogP) is 5.80. The first-order chi connectivity index (χ1) is 18.6. The van der Waals surface area contributed by atoms with Gasteiger partial charge in [-0.3, -0.25) is 19.7 Å². The van der Waals surface area contributed by atoms with Crippen molar-refractivity contribution in [2.24, 2.45) is 5.92 Å². The third kappa shape index (κ3) is 6.56. The maximum atomic E-state index is 13.3. The molecule has 1 aromatic heterocycles. The first kappa shape index (κ1) is 27.3. The second-order valence-electron chi connectivity index (χ2n) is 9.92. The summed E-state index contributed by atoms with van der Waals surface area (Å²) in [6.45, 7) is 7.96. The standard InChI is InChI=1S/C30H31N5O4/c1-20(2)18-33(30(37)24-11-8-12-25(16-24)35(38)39)19-29(36)31-28-17-26(23-9-6-5-7-10-23)32-34(28)27-14-13-21(3)15-22(27)4/h5-17,20H,18-19H2,1-4H3,(H,31,36). The molecule has 1 heterocycles. The molecule has 3 aromatic carbocycles. The van der Waals surface area contributed by atoms with E-state index in [4.69, 9.17) is 5.10 Å². The Hall–Kier alpha value is -4.79. The second-order valence-corrected chi connectivity index (χ2v) is 9.92. The topological polar surface area (TPSA) is 110 Å². The molecule has 9 nitrogen and oxygen atoms in total. The highest BCUT2D eigenvalue weighted by Crippen LogP contribution is 2.27. The average Bonchev–Trinajstić information content (AvgIpc) is 3.31. The largest absolute Gasteiger partial charge is 0.329 e. The van der Waals surface area contributed by atoms with Gasteiger partial charge in [-0.15, -0.1) is 0 Å². The van der Waals surface area contributed by atoms with E-state index in [0.29, 0.717) is 18.1 Å². The number of amides is 2. The zero-order chi connectivity index (χ0) is 28.1. The molecular weight excluding hydrogens is 494 g/mol. The van der Waals surface area contributed by atoms with Gasteiger partial charge in [0.05, 0.1) is 16.3 Å². The molecule has 0 saturated heterocycles. The quantitative estimate of drug-likeness (QED) is 0.219. The van der Waals surface area contributed by atoms with E-state index in [1.807, 2.05) is 82.3 Å². The highest BCUT2D eigenvalue weighted by Gasteiger charge is 2.23. The van der Waals surface area contributed by atoms with Gasteiger partial charge in [-0.1, -0.05) is 67.9 Å². The summed E-state index contributed by atoms with van der Waals surface area (Å²) < 4.78 is 1.70. The van der Waals surface area contributed by atoms with Crippen LogP contribution in [0.1, 0.15) is 35.3 Å². The molecule has 2 amide bonds. The van der Waals surface area contributed by atoms with Crippen molar-refractivity contribution in [1.29, 1.82) is 0 Å². The fraction of sp³-hybridized carbons (Fsp3) is 0.233. The molecule has 39 heavy (non-hydrogen) atoms. The number of nitrogens with one attached hydrogen (secondary N) is 1. The van der Waals surface area contributed by atoms with Crippen molar-refractivity contribution in [2.75, 3.05) is 18.4 Å². The number of carbonyl (C=O) groups is 2. The SMILES string of the molecule is Cc1ccc(-n2nc(-c3ccccc3)cc2NC(=O)CN(CC(C)C)C(=O)c2cccc([N+](=O)[O-])c2)c(C)c1. The maximum absolute atomic E-state index is 13.3. The Morgan fingerprint density at radius 1 is 1.00 bits per heavy atom. The van der Waals surface area contributed by atoms with Gasteiger partial charge in [-0.25, -0.2) is 4.68 Å². The Balaban J connectivity index is 1.64. The number of nitrogens with zero attached hydrogens (tertiary/aromatic N) is 4. The van der Waals surface area contributed by atoms with Gasteiger partial charge in [-0.2, -0.15) is 5.10 Å². The van der Waals surface area contributed by atoms with Gasteiger partial charge in [0, 0.05) is 35.9 Å². The number of nitro benzene ring substituents is 1. The fourth-order valence-corrected chi connectivity index (χ4v) is 4.40. The molecule has 0 saturated carbocycles. The number of rotatable bonds is 9. The summed E-state index contributed by atoms with van der Waals surface area (Å²) >= 11 is 0. The molecule has 4 rings (SSSR count). The fourth-order valence-electron chi connectivity index (χ4n) is 4.40. The Labute approximate surface area is 227 Å². The number of hydrogen-bond donors (Lipinski definition) is 1. The van der Waals surface area contributed by atoms with Crippen LogP contribution >= 0.6 is 0 Å². The van der Waals surface area contributed by atoms with Crippen LogP contribution in [0.5, 0.6) is 0 Å². The Kier molecular flexibility index (Phi) is 8.19. The monoisotopic (exact) mass is 525 g/mol. The van der Waals surface area contributed by atoms with Crippen molar-refractivity contribution in [3.63, 3.8) is 0 Å². The summed E-state index contributed by atoms with van der Waals surface area (Å²) in [6.07, 6.45) is 0. The first-order valence-electron chi connectivity index (χ1n) is 12.7. The molecule has 0 aliphatic heterocycles. The summed E-state index contributed by atoms with van der Waals surface area (Å²) in [5.74, 6) is -0.306. The van der Waals surface area contributed by atoms with E-state index in [-0.39, 0.29) is 23.7 Å². The lowest BCUT2D eigenvalue weighted by atomic mass is 10.1. The van der Waals surface area contributed by atoms with E-state index in [1.54, 1.807) is 4.68 Å². The molecule has 0 radical (unpaired) electrons. The number of hydrogen-bond acceptors (Lipinski definition) is 5. The van der Waals surface area contributed by atoms with Crippen LogP contribution in [-0.2, 0) is 4.79 Å². The van der Waals surface area contributed by atoms with Crippen LogP contribution in [0.4, 0.5) is 11.5 Å². The van der Waals surface area contributed by atoms with Crippen molar-refractivity contribution < 1.29 is 14.5 Å². The lowest BCUT2D eigenvalue weighted by Crippen LogP contribution is -2.40. The normalized spacial score (nSPS) is 10.9. The van der Waals surface area contributed by atoms with Crippen LogP contribution in [0.25, 0.3) is 16.9 Å². The van der Waals surface area contributed by atoms with Crippen LogP contribution in [0.3, 0.4) is 0 Å². The number of nitro groups is 1. The maximum Gasteiger partial charge on any atom is 0.270 e. The number of benzene rings is 3. The van der Waals surface area contributed by atoms with E-state index >= 15 is 0 Å². The van der Waals surface area contributed by atoms with Crippen molar-refractivity contribution in [2.45, 2.75) is 27.7 Å². The van der Waals surface area contributed by atoms with Gasteiger partial charge in [0.2, 0.25) is 5.91 Å². The number of anilines is 1. The minimum absolute atomic E-state index is 0.0749. The smallest absolute Gasteiger partial charge is 0.270 e. The van der Waals surface area contributed by atoms with Crippen LogP contribution in [-0.4, -0.2) is 44.5 Å². The summed E-state index contributed by atoms with van der Waals surface area (Å²) in [4.78, 5) is 38.7. The van der Waals surface area contributed by atoms with E-state index in [1.165, 1.54) is 29.2 Å². The highest BCUT2D eigenvalue weighted by molar-refractivity contribution is 5.99. The number of non-ortho nitro benzene ring substituents is 1. The Bertz CT molecular complexity index is 1510. The first-order valence-corrected chi connectivity index (χ1v) is 12.7. The van der Waals surface area contributed by atoms with E-state index in [9.17, 15) is 19.7 Å². The third-order valence-electron chi connectivity index (χ3n) is 6.14. The second kappa shape index (κ2) is 11.7. The van der Waals surface area contributed by atoms with Gasteiger partial charge in [0.1, 0.15) is 12.4 Å². The van der Waals surface area contributed by atoms with Gasteiger partial charge in [0.15, 0.2) is 0 Å². The predicted molar refractivity (Wildman–Crippen MR) is 151 cm³/mol. The summed E-state index contributed by atoms with van der Waals surface area (Å²) in [5.41, 5.74) is 4.50. The summed E-state index contributed by atoms with van der Waals surface area (Å²) in [7, 11) is 0. The average molecular weight is 526 g/mol. The van der Waals surface area contributed by atoms with Crippen molar-refractivity contribution in [1.82, 2.24) is 14.7 Å². The van der Waals surface area contributed by atoms with Crippen molar-refractivity contribution in [3.8, 4) is 16.9 Å². The van der Waals surface area contributed by atoms with Crippen LogP contribution < -0.4 is 5.32 Å². The van der Waals surface area contributed by atoms with E-state index < -0.39 is 16.7 Å². The lowest BCUT2D eigenvalue weighted by molar-refractivity contribution is -0.384. The molecule has 0 aliphatic rings. The molecular formula is C30H31N5O4. The number of aromatic nitrogens is 2. The molecule has 0 bridgehead atoms. The van der Waals surface area contributed by atoms with Crippen molar-refractivity contribution in [3.05, 3.63) is 106 Å². The Morgan fingerprint density at radius 3 is 2.41 bits per heavy atom. The zero-order valence-electron chi connectivity index (χ0n) is 22.4. The molecule has 9 heteroatoms. The van der Waals surface area contributed by atoms with Crippen LogP contribution in [0.15, 0.2) is 78.9 Å². The summed E-state index contributed by atoms with van der Waals surface area (Å²) in [6, 6.07) is 23.0. The Morgan fingerprint density at radius 2 is 1.74 bits per heavy atom. The zero-order valence-corrected chi connectivity index (χ0v) is 22.4. The van der Waals surface area contributed by atoms with E-state index in [0.717, 1.165) is 22.4 Å². The van der Waals surface area contributed by atoms with Gasteiger partial charge in [-0.05, 0) is 37.5 Å². The van der Waals surface area contributed by atoms with Crippen LogP contribution in [0.2, 0.25) is 0 Å². The minimum atomic E-state index is -0.547. The van der Waals surface area contributed by atoms with E-state index in [2.05, 4.69) is 5.32 Å². The van der Waals surface area contributed by atoms with Gasteiger partial charge >= 0.3 is 0 Å². The van der Waals surface area contributed by atoms with Crippen LogP contribution in [0, 0.1) is 29.9 Å². The molecule has 0 fully saturated rings. The third-order valence-corrected chi connectivity index (χ3v) is 6.14. The summed E-state index contributed by atoms with van der Waals surface area (Å²) in [5, 5.41) is 18.9. The van der Waals surface area contributed by atoms with Crippen molar-refractivity contribution >= 4 is 23.3 Å². The molecule has 0 unspecified atom stereocenters. The minimum Gasteiger partial charge on any atom is -0.329 e. The molecule has 0 spiro atoms. The molecule has 0 atom stereocenters. The highest BCUT2D eigenvalue weighted by atomic mass is 16.6. The molecule has 0 aliphatic carbocycles. The molecule has 200 valence electrons. The van der Waals surface area contributed by atoms with Gasteiger partial charge < -0.3 is 10.2 Å². The number of carbonyl (C=O) groups excluding carboxylic acids is 2.